The molecule has 0 fully saturated rings. The zero-order valence-electron chi connectivity index (χ0n) is 19.3. The number of nitrogens with zero attached hydrogens (tertiary/aromatic N) is 1. The zero-order chi connectivity index (χ0) is 24.5. The monoisotopic (exact) mass is 461 g/mol. The molecule has 0 spiro atoms. The Morgan fingerprint density at radius 1 is 0.853 bits per heavy atom. The van der Waals surface area contributed by atoms with E-state index in [0.29, 0.717) is 16.8 Å². The van der Waals surface area contributed by atoms with Gasteiger partial charge in [-0.05, 0) is 73.2 Å². The molecule has 0 radical (unpaired) electrons. The van der Waals surface area contributed by atoms with Crippen LogP contribution in [0.25, 0.3) is 0 Å². The Balaban J connectivity index is 1.55. The van der Waals surface area contributed by atoms with E-state index in [2.05, 4.69) is 10.6 Å². The molecule has 3 aromatic rings. The first-order valence-corrected chi connectivity index (χ1v) is 10.8. The third-order valence-electron chi connectivity index (χ3n) is 4.86. The summed E-state index contributed by atoms with van der Waals surface area (Å²) in [6.45, 7) is 2.18. The number of benzene rings is 3. The van der Waals surface area contributed by atoms with Crippen molar-refractivity contribution in [1.82, 2.24) is 5.32 Å². The molecule has 3 rings (SSSR count). The second-order valence-electron chi connectivity index (χ2n) is 7.59. The molecule has 3 aromatic carbocycles. The fourth-order valence-electron chi connectivity index (χ4n) is 3.08. The van der Waals surface area contributed by atoms with Crippen LogP contribution in [-0.2, 0) is 11.3 Å². The summed E-state index contributed by atoms with van der Waals surface area (Å²) >= 11 is 0. The summed E-state index contributed by atoms with van der Waals surface area (Å²) in [5, 5.41) is 5.72. The van der Waals surface area contributed by atoms with Crippen LogP contribution in [0.4, 0.5) is 16.2 Å². The molecule has 0 heterocycles. The maximum absolute atomic E-state index is 12.6. The number of hydrogen-bond acceptors (Lipinski definition) is 6. The maximum atomic E-state index is 12.6. The van der Waals surface area contributed by atoms with Gasteiger partial charge in [0.2, 0.25) is 0 Å². The van der Waals surface area contributed by atoms with Crippen LogP contribution in [0, 0.1) is 0 Å². The van der Waals surface area contributed by atoms with Crippen molar-refractivity contribution in [2.24, 2.45) is 0 Å². The van der Waals surface area contributed by atoms with Crippen molar-refractivity contribution in [2.45, 2.75) is 13.5 Å². The molecule has 2 amide bonds. The van der Waals surface area contributed by atoms with Gasteiger partial charge in [-0.1, -0.05) is 12.1 Å². The van der Waals surface area contributed by atoms with Crippen LogP contribution in [0.3, 0.4) is 0 Å². The highest BCUT2D eigenvalue weighted by atomic mass is 16.7. The molecule has 0 atom stereocenters. The molecule has 8 heteroatoms. The third-order valence-corrected chi connectivity index (χ3v) is 4.86. The van der Waals surface area contributed by atoms with Crippen molar-refractivity contribution in [2.75, 3.05) is 30.9 Å². The van der Waals surface area contributed by atoms with Crippen molar-refractivity contribution in [3.8, 4) is 5.75 Å². The van der Waals surface area contributed by atoms with Crippen molar-refractivity contribution >= 4 is 29.3 Å². The Labute approximate surface area is 198 Å². The SMILES string of the molecule is CCOC(=O)Oc1ccc(C(=O)NCc2cccc(NC(=O)c3ccc(N(C)C)cc3)c2)cc1. The first-order chi connectivity index (χ1) is 16.4. The molecule has 34 heavy (non-hydrogen) atoms. The quantitative estimate of drug-likeness (QED) is 0.380. The Morgan fingerprint density at radius 3 is 2.15 bits per heavy atom. The van der Waals surface area contributed by atoms with Crippen LogP contribution >= 0.6 is 0 Å². The van der Waals surface area contributed by atoms with E-state index in [0.717, 1.165) is 11.3 Å². The lowest BCUT2D eigenvalue weighted by Crippen LogP contribution is -2.22. The van der Waals surface area contributed by atoms with E-state index in [4.69, 9.17) is 9.47 Å². The minimum absolute atomic E-state index is 0.211. The average molecular weight is 462 g/mol. The molecule has 0 aliphatic carbocycles. The van der Waals surface area contributed by atoms with Crippen molar-refractivity contribution in [3.05, 3.63) is 89.5 Å². The van der Waals surface area contributed by atoms with Crippen LogP contribution in [-0.4, -0.2) is 38.7 Å². The molecule has 0 saturated carbocycles. The van der Waals surface area contributed by atoms with E-state index in [1.165, 1.54) is 12.1 Å². The Kier molecular flexibility index (Phi) is 8.23. The minimum atomic E-state index is -0.794. The number of anilines is 2. The van der Waals surface area contributed by atoms with Crippen molar-refractivity contribution in [3.63, 3.8) is 0 Å². The Morgan fingerprint density at radius 2 is 1.50 bits per heavy atom. The van der Waals surface area contributed by atoms with Crippen LogP contribution in [0.1, 0.15) is 33.2 Å². The molecule has 0 aliphatic rings. The highest BCUT2D eigenvalue weighted by Crippen LogP contribution is 2.16. The number of ether oxygens (including phenoxy) is 2. The summed E-state index contributed by atoms with van der Waals surface area (Å²) in [5.74, 6) is -0.204. The summed E-state index contributed by atoms with van der Waals surface area (Å²) in [5.41, 5.74) is 3.45. The first kappa shape index (κ1) is 24.3. The summed E-state index contributed by atoms with van der Waals surface area (Å²) in [7, 11) is 3.88. The largest absolute Gasteiger partial charge is 0.513 e. The van der Waals surface area contributed by atoms with E-state index in [-0.39, 0.29) is 30.7 Å². The zero-order valence-corrected chi connectivity index (χ0v) is 19.3. The molecule has 176 valence electrons. The summed E-state index contributed by atoms with van der Waals surface area (Å²) in [6.07, 6.45) is -0.794. The van der Waals surface area contributed by atoms with Gasteiger partial charge in [0.1, 0.15) is 5.75 Å². The molecule has 0 aliphatic heterocycles. The summed E-state index contributed by atoms with van der Waals surface area (Å²) in [4.78, 5) is 38.3. The van der Waals surface area contributed by atoms with Crippen LogP contribution in [0.2, 0.25) is 0 Å². The fraction of sp³-hybridized carbons (Fsp3) is 0.192. The molecule has 0 saturated heterocycles. The van der Waals surface area contributed by atoms with Crippen LogP contribution in [0.15, 0.2) is 72.8 Å². The van der Waals surface area contributed by atoms with E-state index in [9.17, 15) is 14.4 Å². The molecule has 2 N–H and O–H groups in total. The number of carbonyl (C=O) groups excluding carboxylic acids is 3. The molecule has 0 unspecified atom stereocenters. The maximum Gasteiger partial charge on any atom is 0.513 e. The second-order valence-corrected chi connectivity index (χ2v) is 7.59. The molecular weight excluding hydrogens is 434 g/mol. The number of rotatable bonds is 8. The van der Waals surface area contributed by atoms with E-state index in [1.807, 2.05) is 49.3 Å². The molecule has 0 bridgehead atoms. The highest BCUT2D eigenvalue weighted by molar-refractivity contribution is 6.04. The van der Waals surface area contributed by atoms with Gasteiger partial charge in [-0.15, -0.1) is 0 Å². The number of hydrogen-bond donors (Lipinski definition) is 2. The third kappa shape index (κ3) is 6.83. The first-order valence-electron chi connectivity index (χ1n) is 10.8. The van der Waals surface area contributed by atoms with Gasteiger partial charge in [0, 0.05) is 43.1 Å². The number of carbonyl (C=O) groups is 3. The van der Waals surface area contributed by atoms with E-state index in [1.54, 1.807) is 37.3 Å². The normalized spacial score (nSPS) is 10.2. The smallest absolute Gasteiger partial charge is 0.434 e. The second kappa shape index (κ2) is 11.5. The predicted octanol–water partition coefficient (Wildman–Crippen LogP) is 4.47. The lowest BCUT2D eigenvalue weighted by atomic mass is 10.1. The highest BCUT2D eigenvalue weighted by Gasteiger charge is 2.10. The topological polar surface area (TPSA) is 97.0 Å². The van der Waals surface area contributed by atoms with Gasteiger partial charge in [-0.3, -0.25) is 9.59 Å². The van der Waals surface area contributed by atoms with Gasteiger partial charge < -0.3 is 25.0 Å². The molecule has 0 aromatic heterocycles. The van der Waals surface area contributed by atoms with Gasteiger partial charge in [0.15, 0.2) is 0 Å². The van der Waals surface area contributed by atoms with Crippen LogP contribution in [0.5, 0.6) is 5.75 Å². The lowest BCUT2D eigenvalue weighted by Gasteiger charge is -2.13. The minimum Gasteiger partial charge on any atom is -0.434 e. The Hall–Kier alpha value is -4.33. The standard InChI is InChI=1S/C26H27N3O5/c1-4-33-26(32)34-23-14-10-19(11-15-23)24(30)27-17-18-6-5-7-21(16-18)28-25(31)20-8-12-22(13-9-20)29(2)3/h5-16H,4,17H2,1-3H3,(H,27,30)(H,28,31). The predicted molar refractivity (Wildman–Crippen MR) is 130 cm³/mol. The van der Waals surface area contributed by atoms with E-state index >= 15 is 0 Å². The van der Waals surface area contributed by atoms with Gasteiger partial charge in [-0.25, -0.2) is 4.79 Å². The molecule has 8 nitrogen and oxygen atoms in total. The number of nitrogens with one attached hydrogen (secondary N) is 2. The van der Waals surface area contributed by atoms with Gasteiger partial charge in [0.05, 0.1) is 6.61 Å². The van der Waals surface area contributed by atoms with Crippen molar-refractivity contribution in [1.29, 1.82) is 0 Å². The van der Waals surface area contributed by atoms with Gasteiger partial charge in [-0.2, -0.15) is 0 Å². The van der Waals surface area contributed by atoms with Gasteiger partial charge >= 0.3 is 6.16 Å². The number of amides is 2. The summed E-state index contributed by atoms with van der Waals surface area (Å²) < 4.78 is 9.70. The molecular formula is C26H27N3O5. The van der Waals surface area contributed by atoms with E-state index < -0.39 is 6.16 Å². The Bertz CT molecular complexity index is 1140. The van der Waals surface area contributed by atoms with Crippen molar-refractivity contribution < 1.29 is 23.9 Å². The fourth-order valence-corrected chi connectivity index (χ4v) is 3.08. The van der Waals surface area contributed by atoms with Gasteiger partial charge in [0.25, 0.3) is 11.8 Å². The lowest BCUT2D eigenvalue weighted by molar-refractivity contribution is 0.0950. The average Bonchev–Trinajstić information content (AvgIpc) is 2.83. The summed E-state index contributed by atoms with van der Waals surface area (Å²) in [6, 6.07) is 20.8. The van der Waals surface area contributed by atoms with Crippen LogP contribution < -0.4 is 20.3 Å².